The average molecular weight is 348 g/mol. The van der Waals surface area contributed by atoms with Crippen molar-refractivity contribution in [2.75, 3.05) is 6.54 Å². The smallest absolute Gasteiger partial charge is 0.254 e. The van der Waals surface area contributed by atoms with Gasteiger partial charge in [0.25, 0.3) is 5.91 Å². The molecule has 0 aromatic carbocycles. The quantitative estimate of drug-likeness (QED) is 0.712. The summed E-state index contributed by atoms with van der Waals surface area (Å²) in [5.74, 6) is 1.21. The van der Waals surface area contributed by atoms with E-state index in [0.29, 0.717) is 22.9 Å². The number of nitrogens with one attached hydrogen (secondary N) is 1. The minimum atomic E-state index is -0.372. The molecule has 2 aromatic rings. The summed E-state index contributed by atoms with van der Waals surface area (Å²) in [5.41, 5.74) is 7.25. The van der Waals surface area contributed by atoms with Crippen molar-refractivity contribution in [3.05, 3.63) is 41.4 Å². The number of nitrogens with zero attached hydrogens (tertiary/aromatic N) is 2. The Hall–Kier alpha value is -1.86. The summed E-state index contributed by atoms with van der Waals surface area (Å²) in [5, 5.41) is 7.56. The zero-order chi connectivity index (χ0) is 17.6. The molecule has 3 N–H and O–H groups in total. The minimum absolute atomic E-state index is 0.154. The second-order valence-electron chi connectivity index (χ2n) is 5.83. The third-order valence-corrected chi connectivity index (χ3v) is 5.10. The number of rotatable bonds is 8. The highest BCUT2D eigenvalue weighted by molar-refractivity contribution is 7.98. The van der Waals surface area contributed by atoms with E-state index >= 15 is 0 Å². The summed E-state index contributed by atoms with van der Waals surface area (Å²) >= 11 is 1.46. The Kier molecular flexibility index (Phi) is 6.39. The summed E-state index contributed by atoms with van der Waals surface area (Å²) in [7, 11) is 0. The molecule has 7 heteroatoms. The van der Waals surface area contributed by atoms with Crippen LogP contribution in [0, 0.1) is 6.92 Å². The molecule has 0 aliphatic rings. The summed E-state index contributed by atoms with van der Waals surface area (Å²) in [4.78, 5) is 16.8. The number of aryl methyl sites for hydroxylation is 1. The van der Waals surface area contributed by atoms with E-state index in [-0.39, 0.29) is 11.4 Å². The predicted molar refractivity (Wildman–Crippen MR) is 94.9 cm³/mol. The fourth-order valence-corrected chi connectivity index (χ4v) is 3.03. The molecule has 2 heterocycles. The molecule has 0 bridgehead atoms. The second-order valence-corrected chi connectivity index (χ2v) is 6.79. The highest BCUT2D eigenvalue weighted by Crippen LogP contribution is 2.24. The zero-order valence-corrected chi connectivity index (χ0v) is 15.2. The summed E-state index contributed by atoms with van der Waals surface area (Å²) < 4.78 is 5.05. The lowest BCUT2D eigenvalue weighted by molar-refractivity contribution is 0.0938. The molecule has 6 nitrogen and oxygen atoms in total. The molecule has 2 aromatic heterocycles. The van der Waals surface area contributed by atoms with Crippen molar-refractivity contribution in [3.63, 3.8) is 0 Å². The molecule has 0 atom stereocenters. The maximum absolute atomic E-state index is 12.5. The fraction of sp³-hybridized carbons (Fsp3) is 0.471. The molecule has 24 heavy (non-hydrogen) atoms. The molecule has 2 rings (SSSR count). The lowest BCUT2D eigenvalue weighted by Gasteiger charge is -2.26. The third-order valence-electron chi connectivity index (χ3n) is 4.06. The van der Waals surface area contributed by atoms with Crippen molar-refractivity contribution >= 4 is 17.7 Å². The topological polar surface area (TPSA) is 94.0 Å². The molecule has 0 aliphatic carbocycles. The number of amides is 1. The van der Waals surface area contributed by atoms with Crippen LogP contribution in [0.4, 0.5) is 0 Å². The van der Waals surface area contributed by atoms with Crippen LogP contribution in [0.1, 0.15) is 48.5 Å². The molecule has 0 saturated carbocycles. The van der Waals surface area contributed by atoms with Crippen LogP contribution < -0.4 is 11.1 Å². The van der Waals surface area contributed by atoms with Gasteiger partial charge in [0, 0.05) is 30.1 Å². The van der Waals surface area contributed by atoms with Crippen LogP contribution in [0.3, 0.4) is 0 Å². The van der Waals surface area contributed by atoms with E-state index in [0.717, 1.165) is 24.3 Å². The molecule has 0 radical (unpaired) electrons. The van der Waals surface area contributed by atoms with Gasteiger partial charge >= 0.3 is 0 Å². The SMILES string of the molecule is CCC(N)(CC)CNC(=O)c1cccnc1SCc1cc(C)on1. The highest BCUT2D eigenvalue weighted by Gasteiger charge is 2.22. The number of carbonyl (C=O) groups is 1. The third kappa shape index (κ3) is 4.82. The van der Waals surface area contributed by atoms with Crippen molar-refractivity contribution in [2.24, 2.45) is 5.73 Å². The van der Waals surface area contributed by atoms with Gasteiger partial charge in [0.2, 0.25) is 0 Å². The van der Waals surface area contributed by atoms with Crippen LogP contribution in [0.2, 0.25) is 0 Å². The second kappa shape index (κ2) is 8.30. The van der Waals surface area contributed by atoms with Gasteiger partial charge in [0.1, 0.15) is 10.8 Å². The van der Waals surface area contributed by atoms with Crippen molar-refractivity contribution in [1.29, 1.82) is 0 Å². The number of hydrogen-bond donors (Lipinski definition) is 2. The average Bonchev–Trinajstić information content (AvgIpc) is 3.03. The van der Waals surface area contributed by atoms with Crippen LogP contribution in [0.5, 0.6) is 0 Å². The van der Waals surface area contributed by atoms with Crippen LogP contribution in [-0.2, 0) is 5.75 Å². The van der Waals surface area contributed by atoms with E-state index in [1.165, 1.54) is 11.8 Å². The zero-order valence-electron chi connectivity index (χ0n) is 14.3. The number of carbonyl (C=O) groups excluding carboxylic acids is 1. The van der Waals surface area contributed by atoms with Gasteiger partial charge in [0.15, 0.2) is 0 Å². The van der Waals surface area contributed by atoms with Crippen molar-refractivity contribution < 1.29 is 9.32 Å². The molecule has 0 spiro atoms. The number of hydrogen-bond acceptors (Lipinski definition) is 6. The van der Waals surface area contributed by atoms with Gasteiger partial charge in [-0.05, 0) is 31.9 Å². The first-order chi connectivity index (χ1) is 11.5. The molecule has 1 amide bonds. The standard InChI is InChI=1S/C17H24N4O2S/c1-4-17(18,5-2)11-20-15(22)14-7-6-8-19-16(14)24-10-13-9-12(3)23-21-13/h6-9H,4-5,10-11,18H2,1-3H3,(H,20,22). The van der Waals surface area contributed by atoms with Gasteiger partial charge < -0.3 is 15.6 Å². The van der Waals surface area contributed by atoms with Crippen LogP contribution >= 0.6 is 11.8 Å². The van der Waals surface area contributed by atoms with E-state index < -0.39 is 0 Å². The Morgan fingerprint density at radius 1 is 1.42 bits per heavy atom. The first-order valence-corrected chi connectivity index (χ1v) is 9.03. The van der Waals surface area contributed by atoms with E-state index in [4.69, 9.17) is 10.3 Å². The molecule has 0 saturated heterocycles. The van der Waals surface area contributed by atoms with Crippen molar-refractivity contribution in [2.45, 2.75) is 49.9 Å². The Bertz CT molecular complexity index is 683. The first kappa shape index (κ1) is 18.5. The maximum Gasteiger partial charge on any atom is 0.254 e. The maximum atomic E-state index is 12.5. The van der Waals surface area contributed by atoms with Crippen LogP contribution in [0.15, 0.2) is 33.9 Å². The minimum Gasteiger partial charge on any atom is -0.361 e. The lowest BCUT2D eigenvalue weighted by Crippen LogP contribution is -2.49. The van der Waals surface area contributed by atoms with E-state index in [1.54, 1.807) is 18.3 Å². The molecular formula is C17H24N4O2S. The van der Waals surface area contributed by atoms with Crippen molar-refractivity contribution in [1.82, 2.24) is 15.5 Å². The van der Waals surface area contributed by atoms with Crippen LogP contribution in [0.25, 0.3) is 0 Å². The van der Waals surface area contributed by atoms with Crippen LogP contribution in [-0.4, -0.2) is 28.1 Å². The van der Waals surface area contributed by atoms with Gasteiger partial charge in [-0.3, -0.25) is 4.79 Å². The number of nitrogens with two attached hydrogens (primary N) is 1. The van der Waals surface area contributed by atoms with Gasteiger partial charge in [-0.15, -0.1) is 0 Å². The van der Waals surface area contributed by atoms with E-state index in [9.17, 15) is 4.79 Å². The van der Waals surface area contributed by atoms with E-state index in [1.807, 2.05) is 26.8 Å². The largest absolute Gasteiger partial charge is 0.361 e. The number of thioether (sulfide) groups is 1. The Morgan fingerprint density at radius 2 is 2.17 bits per heavy atom. The van der Waals surface area contributed by atoms with Gasteiger partial charge in [-0.1, -0.05) is 30.8 Å². The lowest BCUT2D eigenvalue weighted by atomic mass is 9.94. The summed E-state index contributed by atoms with van der Waals surface area (Å²) in [6, 6.07) is 5.41. The Morgan fingerprint density at radius 3 is 2.79 bits per heavy atom. The summed E-state index contributed by atoms with van der Waals surface area (Å²) in [6.45, 7) is 6.35. The first-order valence-electron chi connectivity index (χ1n) is 8.04. The molecule has 0 aliphatic heterocycles. The van der Waals surface area contributed by atoms with E-state index in [2.05, 4.69) is 15.5 Å². The Labute approximate surface area is 146 Å². The van der Waals surface area contributed by atoms with Gasteiger partial charge in [-0.25, -0.2) is 4.98 Å². The van der Waals surface area contributed by atoms with Crippen molar-refractivity contribution in [3.8, 4) is 0 Å². The molecule has 0 unspecified atom stereocenters. The molecular weight excluding hydrogens is 324 g/mol. The number of pyridine rings is 1. The summed E-state index contributed by atoms with van der Waals surface area (Å²) in [6.07, 6.45) is 3.30. The monoisotopic (exact) mass is 348 g/mol. The molecule has 0 fully saturated rings. The molecule has 130 valence electrons. The normalized spacial score (nSPS) is 11.5. The predicted octanol–water partition coefficient (Wildman–Crippen LogP) is 2.92. The highest BCUT2D eigenvalue weighted by atomic mass is 32.2. The Balaban J connectivity index is 2.03. The number of aromatic nitrogens is 2. The van der Waals surface area contributed by atoms with Gasteiger partial charge in [0.05, 0.1) is 11.3 Å². The van der Waals surface area contributed by atoms with Gasteiger partial charge in [-0.2, -0.15) is 0 Å². The fourth-order valence-electron chi connectivity index (χ4n) is 2.16.